The Morgan fingerprint density at radius 1 is 0.447 bits per heavy atom. The van der Waals surface area contributed by atoms with Gasteiger partial charge < -0.3 is 120 Å². The molecule has 804 valence electrons. The quantitative estimate of drug-likeness (QED) is 0.0147. The Kier molecular flexibility index (Phi) is 33.9. The molecule has 0 spiro atoms. The lowest BCUT2D eigenvalue weighted by atomic mass is 9.85. The van der Waals surface area contributed by atoms with E-state index in [2.05, 4.69) is 151 Å². The molecular weight excluding hydrogens is 2080 g/mol. The van der Waals surface area contributed by atoms with Crippen molar-refractivity contribution in [2.24, 2.45) is 0 Å². The zero-order valence-electron chi connectivity index (χ0n) is 81.9. The van der Waals surface area contributed by atoms with E-state index in [1.165, 1.54) is 40.0 Å². The molecule has 0 aliphatic carbocycles. The lowest BCUT2D eigenvalue weighted by molar-refractivity contribution is -0.256. The lowest BCUT2D eigenvalue weighted by Crippen LogP contribution is -2.39. The van der Waals surface area contributed by atoms with Gasteiger partial charge in [0.15, 0.2) is 35.4 Å². The molecular formula is C94H116N18O32P6. The Morgan fingerprint density at radius 3 is 1.29 bits per heavy atom. The van der Waals surface area contributed by atoms with Crippen molar-refractivity contribution < 1.29 is 152 Å². The zero-order valence-corrected chi connectivity index (χ0v) is 87.2. The maximum absolute atomic E-state index is 13.7. The van der Waals surface area contributed by atoms with Crippen LogP contribution in [0.15, 0.2) is 110 Å². The van der Waals surface area contributed by atoms with Gasteiger partial charge in [-0.2, -0.15) is 17.2 Å². The van der Waals surface area contributed by atoms with E-state index in [1.807, 2.05) is 12.1 Å². The first-order valence-electron chi connectivity index (χ1n) is 49.1. The number of nitrogens with one attached hydrogen (secondary N) is 4. The Balaban J connectivity index is 0.000000204. The fraction of sp³-hybridized carbons (Fsp3) is 0.447. The first-order valence-corrected chi connectivity index (χ1v) is 58.2. The first-order chi connectivity index (χ1) is 71.5. The van der Waals surface area contributed by atoms with Crippen LogP contribution in [0.3, 0.4) is 0 Å². The second-order valence-electron chi connectivity index (χ2n) is 36.9. The predicted octanol–water partition coefficient (Wildman–Crippen LogP) is 3.81. The number of fused-ring (bicyclic) bond motifs is 10. The number of amides is 2. The van der Waals surface area contributed by atoms with Crippen molar-refractivity contribution in [3.63, 3.8) is 0 Å². The minimum atomic E-state index is -5.76. The van der Waals surface area contributed by atoms with Gasteiger partial charge in [-0.3, -0.25) is 27.8 Å². The number of unbranched alkanes of at least 4 members (excludes halogenated alkanes) is 6. The predicted molar refractivity (Wildman–Crippen MR) is 536 cm³/mol. The maximum Gasteiger partial charge on any atom is 0.489 e. The molecule has 14 atom stereocenters. The molecule has 56 heteroatoms. The average molecular weight is 2200 g/mol. The summed E-state index contributed by atoms with van der Waals surface area (Å²) in [6.07, 6.45) is 3.10. The minimum Gasteiger partial charge on any atom is -0.545 e. The number of imidazole rings is 2. The minimum absolute atomic E-state index is 0.0317. The van der Waals surface area contributed by atoms with Gasteiger partial charge in [0.05, 0.1) is 49.9 Å². The van der Waals surface area contributed by atoms with E-state index in [0.717, 1.165) is 182 Å². The molecule has 18 rings (SSSR count). The van der Waals surface area contributed by atoms with Crippen LogP contribution in [0.2, 0.25) is 0 Å². The number of aliphatic hydroxyl groups is 4. The van der Waals surface area contributed by atoms with E-state index in [4.69, 9.17) is 39.5 Å². The molecule has 0 radical (unpaired) electrons. The first kappa shape index (κ1) is 110. The fourth-order valence-electron chi connectivity index (χ4n) is 20.0. The van der Waals surface area contributed by atoms with Crippen molar-refractivity contribution in [2.45, 2.75) is 180 Å². The summed E-state index contributed by atoms with van der Waals surface area (Å²) in [4.78, 5) is 142. The van der Waals surface area contributed by atoms with E-state index in [-0.39, 0.29) is 95.2 Å². The van der Waals surface area contributed by atoms with Crippen LogP contribution < -0.4 is 92.1 Å². The highest BCUT2D eigenvalue weighted by Crippen LogP contribution is 2.68. The summed E-state index contributed by atoms with van der Waals surface area (Å²) in [6.45, 7) is 13.5. The van der Waals surface area contributed by atoms with Crippen molar-refractivity contribution in [3.05, 3.63) is 198 Å². The number of carbonyl (C=O) groups excluding carboxylic acids is 4. The van der Waals surface area contributed by atoms with Crippen molar-refractivity contribution >= 4 is 127 Å². The van der Waals surface area contributed by atoms with Crippen LogP contribution in [-0.4, -0.2) is 241 Å². The number of phosphoric ester groups is 2. The van der Waals surface area contributed by atoms with Gasteiger partial charge in [0.1, 0.15) is 109 Å². The molecule has 6 aromatic carbocycles. The smallest absolute Gasteiger partial charge is 0.489 e. The molecule has 150 heavy (non-hydrogen) atoms. The molecule has 2 fully saturated rings. The van der Waals surface area contributed by atoms with Crippen molar-refractivity contribution in [2.75, 3.05) is 113 Å². The van der Waals surface area contributed by atoms with Gasteiger partial charge in [0.2, 0.25) is 10.7 Å². The number of carboxylic acids is 2. The van der Waals surface area contributed by atoms with Crippen LogP contribution in [0.4, 0.5) is 23.0 Å². The molecule has 8 aliphatic rings. The van der Waals surface area contributed by atoms with E-state index in [0.29, 0.717) is 83.8 Å². The number of aromatic nitrogens is 8. The number of aliphatic hydroxyl groups excluding tert-OH is 4. The standard InChI is InChI=1S/2C47H58N9O16P3/c1-3-54-17-9-11-27-19-32-36(22-34(27)54)69-37-23-35-28(12-10-18-55(35)4-2)20-33(37)39(32)31-21-29(13-14-30(31)47(60)61)45(59)49-15-7-5-6-8-16-53-73(62,63)71-75(66,67)72-74(64,65)68-24-38-41(57)42(58)46(70-38)56-26-52-40-43(48)50-25-51-44(40)56;1-3-54-17-9-11-27-19-32-36(22-34(27)54)69-37-23-35-28(12-10-18-55(35)4-2)20-33(37)39(32)30-14-13-29(21-31(30)47(60)61)45(59)49-15-7-5-6-8-16-53-73(62,63)71-75(66,67)72-74(64,65)68-24-38-41(57)42(58)46(70-38)56-26-52-40-43(48)50-25-51-44(40)56/h2*13-14,19-23,25-26,38,41-42,46,57-58H,3-12,15-18,24H2,1-2H3,(H7-,48,49,50,51,53,59,60,61,62,63,64,65,66,67)/t2*38-,41-,42-,46-/m11/s1. The largest absolute Gasteiger partial charge is 0.545 e. The number of carboxylic acid groups (broad SMARTS) is 2. The van der Waals surface area contributed by atoms with Gasteiger partial charge in [-0.1, -0.05) is 37.8 Å². The molecule has 10 aromatic rings. The lowest BCUT2D eigenvalue weighted by Gasteiger charge is -2.33. The van der Waals surface area contributed by atoms with E-state index in [1.54, 1.807) is 18.2 Å². The van der Waals surface area contributed by atoms with Crippen LogP contribution >= 0.6 is 46.8 Å². The average Bonchev–Trinajstić information content (AvgIpc) is 1.49. The van der Waals surface area contributed by atoms with Crippen molar-refractivity contribution in [3.8, 4) is 23.0 Å². The fourth-order valence-corrected chi connectivity index (χ4v) is 27.5. The number of aryl methyl sites for hydroxylation is 4. The van der Waals surface area contributed by atoms with E-state index < -0.39 is 133 Å². The van der Waals surface area contributed by atoms with Crippen LogP contribution in [0.5, 0.6) is 23.0 Å². The van der Waals surface area contributed by atoms with E-state index in [9.17, 15) is 107 Å². The number of phosphoric acid groups is 4. The number of rotatable bonds is 42. The summed E-state index contributed by atoms with van der Waals surface area (Å²) in [6, 6.07) is 25.6. The number of ether oxygens (including phenoxy) is 4. The van der Waals surface area contributed by atoms with Crippen LogP contribution in [0, 0.1) is 0 Å². The van der Waals surface area contributed by atoms with E-state index >= 15 is 0 Å². The number of hydrogen-bond acceptors (Lipinski definition) is 36. The van der Waals surface area contributed by atoms with Gasteiger partial charge in [0.25, 0.3) is 11.8 Å². The molecule has 12 heterocycles. The van der Waals surface area contributed by atoms with Crippen LogP contribution in [0.1, 0.15) is 203 Å². The molecule has 2 amide bonds. The molecule has 2 saturated heterocycles. The monoisotopic (exact) mass is 2190 g/mol. The highest BCUT2D eigenvalue weighted by Gasteiger charge is 2.50. The number of nitrogens with two attached hydrogens (primary N) is 2. The van der Waals surface area contributed by atoms with Gasteiger partial charge in [-0.15, -0.1) is 0 Å². The SMILES string of the molecule is CCN1CCCc2cc3c(cc21)Oc1cc2c(cc1=C3c1cc(C(=O)NCCCCCCNP(=O)(O)OP(=O)(O)OP(=O)(O)OC[C@H]3O[C@@H](n4cnc5c(N)ncnc54)[C@H](O)[C@@H]3O)ccc1C(=O)[O-])CCC[N+]=2CC.CCN1CCCc2cc3c(cc21)Oc1cc2c(cc1=C3c1ccc(C(=O)NCCCCCCNP(=O)(O)OP(=O)(O)OP(=O)(O)OC[C@H]3O[C@@H](n4cnc5c(N)ncnc54)[C@H](O)[C@@H]3O)cc1C(=O)[O-])CCC[N+]=2CC. The van der Waals surface area contributed by atoms with Gasteiger partial charge in [-0.25, -0.2) is 76.6 Å². The second kappa shape index (κ2) is 46.1. The zero-order chi connectivity index (χ0) is 107. The molecule has 8 aliphatic heterocycles. The van der Waals surface area contributed by atoms with Crippen LogP contribution in [-0.2, 0) is 88.8 Å². The van der Waals surface area contributed by atoms with Gasteiger partial charge in [0, 0.05) is 155 Å². The molecule has 50 nitrogen and oxygen atoms in total. The third-order valence-electron chi connectivity index (χ3n) is 27.2. The summed E-state index contributed by atoms with van der Waals surface area (Å²) in [7, 11) is -32.8. The van der Waals surface area contributed by atoms with Gasteiger partial charge in [-0.05, 0) is 163 Å². The molecule has 18 N–H and O–H groups in total. The number of nitrogen functional groups attached to an aromatic ring is 2. The Hall–Kier alpha value is -11.0. The summed E-state index contributed by atoms with van der Waals surface area (Å²) in [5.74, 6) is -1.27. The second-order valence-corrected chi connectivity index (χ2v) is 46.5. The number of carbonyl (C=O) groups is 4. The van der Waals surface area contributed by atoms with Crippen molar-refractivity contribution in [1.82, 2.24) is 69.0 Å². The van der Waals surface area contributed by atoms with Gasteiger partial charge >= 0.3 is 46.8 Å². The number of hydrogen-bond donors (Lipinski definition) is 16. The third-order valence-corrected chi connectivity index (χ3v) is 36.1. The third kappa shape index (κ3) is 24.6. The topological polar surface area (TPSA) is 711 Å². The normalized spacial score (nSPS) is 21.5. The van der Waals surface area contributed by atoms with Crippen molar-refractivity contribution in [1.29, 1.82) is 0 Å². The Bertz CT molecular complexity index is 7510. The maximum atomic E-state index is 13.7. The highest BCUT2D eigenvalue weighted by molar-refractivity contribution is 7.68. The summed E-state index contributed by atoms with van der Waals surface area (Å²) < 4.78 is 134. The number of anilines is 4. The Morgan fingerprint density at radius 2 is 0.860 bits per heavy atom. The number of aromatic carboxylic acids is 2. The highest BCUT2D eigenvalue weighted by atomic mass is 31.3. The summed E-state index contributed by atoms with van der Waals surface area (Å²) >= 11 is 0. The van der Waals surface area contributed by atoms with Crippen LogP contribution in [0.25, 0.3) is 33.5 Å². The summed E-state index contributed by atoms with van der Waals surface area (Å²) in [5.41, 5.74) is 22.6. The summed E-state index contributed by atoms with van der Waals surface area (Å²) in [5, 5.41) is 81.6. The number of nitrogens with zero attached hydrogens (tertiary/aromatic N) is 12. The molecule has 0 saturated carbocycles. The molecule has 0 bridgehead atoms. The molecule has 4 aromatic heterocycles. The Labute approximate surface area is 857 Å². The molecule has 6 unspecified atom stereocenters. The number of benzene rings is 6.